The van der Waals surface area contributed by atoms with Crippen LogP contribution in [0, 0.1) is 5.92 Å². The van der Waals surface area contributed by atoms with E-state index in [4.69, 9.17) is 9.47 Å². The van der Waals surface area contributed by atoms with Crippen molar-refractivity contribution in [3.05, 3.63) is 12.2 Å². The molecule has 17 heavy (non-hydrogen) atoms. The first kappa shape index (κ1) is 12.6. The monoisotopic (exact) mass is 238 g/mol. The van der Waals surface area contributed by atoms with Gasteiger partial charge in [0, 0.05) is 6.42 Å². The molecule has 3 atom stereocenters. The summed E-state index contributed by atoms with van der Waals surface area (Å²) >= 11 is 0. The molecule has 0 aromatic carbocycles. The lowest BCUT2D eigenvalue weighted by Gasteiger charge is -2.24. The average molecular weight is 238 g/mol. The van der Waals surface area contributed by atoms with Gasteiger partial charge in [-0.15, -0.1) is 0 Å². The maximum atomic E-state index is 11.3. The van der Waals surface area contributed by atoms with Crippen molar-refractivity contribution in [2.75, 3.05) is 6.61 Å². The number of carbonyl (C=O) groups excluding carboxylic acids is 1. The molecule has 0 spiro atoms. The summed E-state index contributed by atoms with van der Waals surface area (Å²) < 4.78 is 10.8. The van der Waals surface area contributed by atoms with Crippen LogP contribution < -0.4 is 0 Å². The fourth-order valence-electron chi connectivity index (χ4n) is 2.87. The second-order valence-corrected chi connectivity index (χ2v) is 5.29. The lowest BCUT2D eigenvalue weighted by molar-refractivity contribution is -0.143. The Kier molecular flexibility index (Phi) is 3.57. The molecule has 3 nitrogen and oxygen atoms in total. The zero-order chi connectivity index (χ0) is 12.5. The van der Waals surface area contributed by atoms with Crippen LogP contribution in [0.5, 0.6) is 0 Å². The van der Waals surface area contributed by atoms with Crippen molar-refractivity contribution < 1.29 is 14.3 Å². The van der Waals surface area contributed by atoms with Crippen LogP contribution in [-0.2, 0) is 14.3 Å². The van der Waals surface area contributed by atoms with Gasteiger partial charge < -0.3 is 9.47 Å². The Morgan fingerprint density at radius 3 is 2.94 bits per heavy atom. The van der Waals surface area contributed by atoms with Crippen LogP contribution in [0.1, 0.15) is 46.0 Å². The third-order valence-corrected chi connectivity index (χ3v) is 4.08. The molecule has 2 fully saturated rings. The molecule has 1 saturated heterocycles. The Labute approximate surface area is 103 Å². The molecular formula is C14H22O3. The van der Waals surface area contributed by atoms with Crippen molar-refractivity contribution in [3.63, 3.8) is 0 Å². The molecule has 0 N–H and O–H groups in total. The van der Waals surface area contributed by atoms with Crippen LogP contribution >= 0.6 is 0 Å². The maximum absolute atomic E-state index is 11.3. The minimum atomic E-state index is -0.0989. The van der Waals surface area contributed by atoms with Gasteiger partial charge in [-0.05, 0) is 45.4 Å². The summed E-state index contributed by atoms with van der Waals surface area (Å²) in [6, 6.07) is 0. The molecule has 1 aliphatic heterocycles. The van der Waals surface area contributed by atoms with Crippen molar-refractivity contribution in [1.82, 2.24) is 0 Å². The van der Waals surface area contributed by atoms with E-state index in [-0.39, 0.29) is 11.6 Å². The van der Waals surface area contributed by atoms with E-state index in [9.17, 15) is 4.79 Å². The van der Waals surface area contributed by atoms with E-state index >= 15 is 0 Å². The van der Waals surface area contributed by atoms with Gasteiger partial charge in [0.15, 0.2) is 0 Å². The smallest absolute Gasteiger partial charge is 0.305 e. The molecule has 96 valence electrons. The number of carbonyl (C=O) groups is 1. The summed E-state index contributed by atoms with van der Waals surface area (Å²) in [4.78, 5) is 11.3. The highest BCUT2D eigenvalue weighted by Crippen LogP contribution is 2.53. The van der Waals surface area contributed by atoms with Gasteiger partial charge in [-0.3, -0.25) is 4.79 Å². The summed E-state index contributed by atoms with van der Waals surface area (Å²) in [5.74, 6) is 0.511. The highest BCUT2D eigenvalue weighted by molar-refractivity contribution is 5.69. The van der Waals surface area contributed by atoms with E-state index in [1.807, 2.05) is 6.92 Å². The number of esters is 1. The Bertz CT molecular complexity index is 323. The summed E-state index contributed by atoms with van der Waals surface area (Å²) in [6.07, 6.45) is 4.95. The third-order valence-electron chi connectivity index (χ3n) is 4.08. The summed E-state index contributed by atoms with van der Waals surface area (Å²) in [5.41, 5.74) is 1.26. The van der Waals surface area contributed by atoms with Crippen molar-refractivity contribution in [3.8, 4) is 0 Å². The van der Waals surface area contributed by atoms with Crippen molar-refractivity contribution in [2.45, 2.75) is 57.7 Å². The zero-order valence-electron chi connectivity index (χ0n) is 10.8. The maximum Gasteiger partial charge on any atom is 0.305 e. The van der Waals surface area contributed by atoms with E-state index in [1.54, 1.807) is 0 Å². The quantitative estimate of drug-likeness (QED) is 0.420. The average Bonchev–Trinajstić information content (AvgIpc) is 3.00. The minimum absolute atomic E-state index is 0.00128. The molecule has 1 aliphatic carbocycles. The zero-order valence-corrected chi connectivity index (χ0v) is 10.8. The molecule has 2 rings (SSSR count). The Balaban J connectivity index is 1.78. The second-order valence-electron chi connectivity index (χ2n) is 5.29. The second kappa shape index (κ2) is 4.81. The topological polar surface area (TPSA) is 38.8 Å². The minimum Gasteiger partial charge on any atom is -0.466 e. The van der Waals surface area contributed by atoms with Gasteiger partial charge in [0.1, 0.15) is 0 Å². The van der Waals surface area contributed by atoms with Gasteiger partial charge in [-0.25, -0.2) is 0 Å². The van der Waals surface area contributed by atoms with Crippen LogP contribution in [0.4, 0.5) is 0 Å². The molecule has 1 saturated carbocycles. The number of epoxide rings is 1. The predicted molar refractivity (Wildman–Crippen MR) is 65.6 cm³/mol. The number of allylic oxidation sites excluding steroid dienone is 1. The molecular weight excluding hydrogens is 216 g/mol. The fraction of sp³-hybridized carbons (Fsp3) is 0.786. The molecule has 0 radical (unpaired) electrons. The van der Waals surface area contributed by atoms with Crippen LogP contribution in [0.3, 0.4) is 0 Å². The molecule has 0 bridgehead atoms. The third kappa shape index (κ3) is 2.71. The lowest BCUT2D eigenvalue weighted by atomic mass is 9.77. The summed E-state index contributed by atoms with van der Waals surface area (Å²) in [6.45, 7) is 8.42. The van der Waals surface area contributed by atoms with Gasteiger partial charge in [0.05, 0.1) is 18.3 Å². The highest BCUT2D eigenvalue weighted by Gasteiger charge is 2.58. The van der Waals surface area contributed by atoms with Crippen molar-refractivity contribution in [2.24, 2.45) is 5.92 Å². The van der Waals surface area contributed by atoms with Gasteiger partial charge >= 0.3 is 5.97 Å². The van der Waals surface area contributed by atoms with Crippen LogP contribution in [0.15, 0.2) is 12.2 Å². The van der Waals surface area contributed by atoms with Crippen LogP contribution in [-0.4, -0.2) is 24.3 Å². The number of fused-ring (bicyclic) bond motifs is 1. The normalized spacial score (nSPS) is 34.9. The Morgan fingerprint density at radius 1 is 1.59 bits per heavy atom. The Morgan fingerprint density at radius 2 is 2.35 bits per heavy atom. The molecule has 2 aliphatic rings. The van der Waals surface area contributed by atoms with E-state index in [0.29, 0.717) is 25.0 Å². The molecule has 3 heteroatoms. The summed E-state index contributed by atoms with van der Waals surface area (Å²) in [7, 11) is 0. The largest absolute Gasteiger partial charge is 0.466 e. The molecule has 0 aromatic heterocycles. The van der Waals surface area contributed by atoms with Crippen molar-refractivity contribution >= 4 is 5.97 Å². The van der Waals surface area contributed by atoms with Gasteiger partial charge in [-0.2, -0.15) is 0 Å². The SMILES string of the molecule is C=C(C)[C@@H]1CC[C@]2(CCC(=O)OCC)O[C@@H]2C1. The van der Waals surface area contributed by atoms with Gasteiger partial charge in [0.25, 0.3) is 0 Å². The molecule has 0 aromatic rings. The van der Waals surface area contributed by atoms with Crippen molar-refractivity contribution in [1.29, 1.82) is 0 Å². The fourth-order valence-corrected chi connectivity index (χ4v) is 2.87. The number of hydrogen-bond donors (Lipinski definition) is 0. The highest BCUT2D eigenvalue weighted by atomic mass is 16.6. The first-order chi connectivity index (χ1) is 8.07. The van der Waals surface area contributed by atoms with E-state index in [1.165, 1.54) is 5.57 Å². The first-order valence-corrected chi connectivity index (χ1v) is 6.56. The van der Waals surface area contributed by atoms with E-state index in [2.05, 4.69) is 13.5 Å². The standard InChI is InChI=1S/C14H22O3/c1-4-16-13(15)6-8-14-7-5-11(10(2)3)9-12(14)17-14/h11-12H,2,4-9H2,1,3H3/t11-,12-,14-/m1/s1. The van der Waals surface area contributed by atoms with Gasteiger partial charge in [-0.1, -0.05) is 12.2 Å². The van der Waals surface area contributed by atoms with Crippen LogP contribution in [0.2, 0.25) is 0 Å². The molecule has 0 amide bonds. The number of hydrogen-bond acceptors (Lipinski definition) is 3. The lowest BCUT2D eigenvalue weighted by Crippen LogP contribution is -2.25. The number of rotatable bonds is 5. The van der Waals surface area contributed by atoms with E-state index in [0.717, 1.165) is 25.7 Å². The first-order valence-electron chi connectivity index (χ1n) is 6.56. The Hall–Kier alpha value is -0.830. The van der Waals surface area contributed by atoms with Crippen LogP contribution in [0.25, 0.3) is 0 Å². The number of ether oxygens (including phenoxy) is 2. The molecule has 1 heterocycles. The molecule has 0 unspecified atom stereocenters. The summed E-state index contributed by atoms with van der Waals surface area (Å²) in [5, 5.41) is 0. The predicted octanol–water partition coefficient (Wildman–Crippen LogP) is 2.84. The van der Waals surface area contributed by atoms with E-state index < -0.39 is 0 Å². The van der Waals surface area contributed by atoms with Gasteiger partial charge in [0.2, 0.25) is 0 Å².